The predicted molar refractivity (Wildman–Crippen MR) is 146 cm³/mol. The third-order valence-electron chi connectivity index (χ3n) is 7.38. The summed E-state index contributed by atoms with van der Waals surface area (Å²) in [5.74, 6) is 0.819. The van der Waals surface area contributed by atoms with Crippen LogP contribution < -0.4 is 4.74 Å². The van der Waals surface area contributed by atoms with Gasteiger partial charge in [0.05, 0.1) is 12.0 Å². The van der Waals surface area contributed by atoms with Gasteiger partial charge in [0.1, 0.15) is 17.1 Å². The van der Waals surface area contributed by atoms with E-state index in [4.69, 9.17) is 9.72 Å². The molecule has 1 aliphatic heterocycles. The van der Waals surface area contributed by atoms with E-state index < -0.39 is 11.4 Å². The van der Waals surface area contributed by atoms with Crippen LogP contribution in [-0.4, -0.2) is 38.0 Å². The van der Waals surface area contributed by atoms with E-state index >= 15 is 0 Å². The van der Waals surface area contributed by atoms with Crippen LogP contribution in [0.25, 0.3) is 11.0 Å². The van der Waals surface area contributed by atoms with Gasteiger partial charge in [-0.3, -0.25) is 9.59 Å². The van der Waals surface area contributed by atoms with Crippen molar-refractivity contribution in [3.63, 3.8) is 0 Å². The number of hydrogen-bond donors (Lipinski definition) is 1. The van der Waals surface area contributed by atoms with E-state index in [9.17, 15) is 14.7 Å². The van der Waals surface area contributed by atoms with Crippen LogP contribution in [0.3, 0.4) is 0 Å². The molecule has 3 heterocycles. The molecule has 0 bridgehead atoms. The van der Waals surface area contributed by atoms with Crippen LogP contribution in [0.2, 0.25) is 0 Å². The molecule has 0 radical (unpaired) electrons. The molecule has 1 N–H and O–H groups in total. The number of carboxylic acid groups (broad SMARTS) is 1. The average Bonchev–Trinajstić information content (AvgIpc) is 3.23. The van der Waals surface area contributed by atoms with Crippen LogP contribution >= 0.6 is 0 Å². The number of rotatable bonds is 9. The van der Waals surface area contributed by atoms with Crippen molar-refractivity contribution in [3.05, 3.63) is 89.7 Å². The Kier molecular flexibility index (Phi) is 7.18. The van der Waals surface area contributed by atoms with Crippen molar-refractivity contribution in [3.8, 4) is 11.5 Å². The number of nitrogens with zero attached hydrogens (tertiary/aromatic N) is 3. The zero-order chi connectivity index (χ0) is 26.7. The van der Waals surface area contributed by atoms with Crippen LogP contribution in [0.15, 0.2) is 72.9 Å². The lowest BCUT2D eigenvalue weighted by Crippen LogP contribution is -2.36. The molecule has 0 atom stereocenters. The summed E-state index contributed by atoms with van der Waals surface area (Å²) >= 11 is 0. The molecule has 1 aliphatic rings. The molecular weight excluding hydrogens is 478 g/mol. The quantitative estimate of drug-likeness (QED) is 0.296. The van der Waals surface area contributed by atoms with E-state index in [-0.39, 0.29) is 5.91 Å². The van der Waals surface area contributed by atoms with Crippen molar-refractivity contribution in [2.45, 2.75) is 52.6 Å². The summed E-state index contributed by atoms with van der Waals surface area (Å²) in [6.07, 6.45) is 3.98. The third-order valence-corrected chi connectivity index (χ3v) is 7.38. The Balaban J connectivity index is 1.33. The summed E-state index contributed by atoms with van der Waals surface area (Å²) in [4.78, 5) is 31.1. The number of aromatic nitrogens is 2. The molecule has 5 rings (SSSR count). The van der Waals surface area contributed by atoms with E-state index in [0.717, 1.165) is 40.2 Å². The monoisotopic (exact) mass is 511 g/mol. The summed E-state index contributed by atoms with van der Waals surface area (Å²) in [5, 5.41) is 10.5. The normalized spacial score (nSPS) is 13.4. The molecule has 0 aliphatic carbocycles. The Morgan fingerprint density at radius 1 is 1.00 bits per heavy atom. The van der Waals surface area contributed by atoms with Crippen molar-refractivity contribution in [1.29, 1.82) is 0 Å². The number of carboxylic acids is 1. The van der Waals surface area contributed by atoms with Crippen molar-refractivity contribution in [1.82, 2.24) is 14.5 Å². The lowest BCUT2D eigenvalue weighted by molar-refractivity contribution is -0.147. The minimum absolute atomic E-state index is 0.0732. The highest BCUT2D eigenvalue weighted by Crippen LogP contribution is 2.32. The smallest absolute Gasteiger partial charge is 0.309 e. The molecule has 38 heavy (non-hydrogen) atoms. The predicted octanol–water partition coefficient (Wildman–Crippen LogP) is 6.04. The summed E-state index contributed by atoms with van der Waals surface area (Å²) in [6.45, 7) is 5.25. The number of benzene rings is 2. The van der Waals surface area contributed by atoms with E-state index in [1.54, 1.807) is 13.8 Å². The Morgan fingerprint density at radius 2 is 1.74 bits per heavy atom. The Morgan fingerprint density at radius 3 is 2.47 bits per heavy atom. The zero-order valence-electron chi connectivity index (χ0n) is 21.9. The number of fused-ring (bicyclic) bond motifs is 3. The summed E-state index contributed by atoms with van der Waals surface area (Å²) < 4.78 is 8.17. The second-order valence-electron chi connectivity index (χ2n) is 10.6. The maximum absolute atomic E-state index is 13.1. The standard InChI is InChI=1S/C31H33N3O4/c1-31(2,30(36)37)17-6-11-28(35)33-19-16-25-26-10-7-18-32-29(26)34(27(25)21-33)20-22-12-14-24(15-13-22)38-23-8-4-3-5-9-23/h3-5,7-10,12-15,18H,6,11,16-17,19-21H2,1-2H3,(H,36,37). The summed E-state index contributed by atoms with van der Waals surface area (Å²) in [6, 6.07) is 21.9. The van der Waals surface area contributed by atoms with Crippen LogP contribution in [0.5, 0.6) is 11.5 Å². The van der Waals surface area contributed by atoms with Gasteiger partial charge in [0, 0.05) is 36.8 Å². The van der Waals surface area contributed by atoms with Crippen LogP contribution in [0.4, 0.5) is 0 Å². The molecule has 0 unspecified atom stereocenters. The van der Waals surface area contributed by atoms with Gasteiger partial charge in [-0.05, 0) is 80.6 Å². The highest BCUT2D eigenvalue weighted by Gasteiger charge is 2.29. The van der Waals surface area contributed by atoms with Gasteiger partial charge in [-0.15, -0.1) is 0 Å². The maximum Gasteiger partial charge on any atom is 0.309 e. The minimum Gasteiger partial charge on any atom is -0.481 e. The molecule has 2 aromatic carbocycles. The lowest BCUT2D eigenvalue weighted by atomic mass is 9.87. The van der Waals surface area contributed by atoms with Gasteiger partial charge in [-0.2, -0.15) is 0 Å². The van der Waals surface area contributed by atoms with E-state index in [2.05, 4.69) is 22.8 Å². The van der Waals surface area contributed by atoms with Gasteiger partial charge in [0.15, 0.2) is 0 Å². The fourth-order valence-corrected chi connectivity index (χ4v) is 5.06. The first kappa shape index (κ1) is 25.5. The molecule has 1 amide bonds. The highest BCUT2D eigenvalue weighted by molar-refractivity contribution is 5.84. The molecular formula is C31H33N3O4. The number of pyridine rings is 1. The Bertz CT molecular complexity index is 1440. The number of aliphatic carboxylic acids is 1. The van der Waals surface area contributed by atoms with Gasteiger partial charge >= 0.3 is 5.97 Å². The fourth-order valence-electron chi connectivity index (χ4n) is 5.06. The first-order valence-electron chi connectivity index (χ1n) is 13.1. The van der Waals surface area contributed by atoms with Crippen molar-refractivity contribution in [2.24, 2.45) is 5.41 Å². The third kappa shape index (κ3) is 5.42. The van der Waals surface area contributed by atoms with E-state index in [1.807, 2.05) is 59.6 Å². The SMILES string of the molecule is CC(C)(CCCC(=O)N1CCc2c(n(Cc3ccc(Oc4ccccc4)cc3)c3ncccc23)C1)C(=O)O. The lowest BCUT2D eigenvalue weighted by Gasteiger charge is -2.29. The number of carbonyl (C=O) groups is 2. The highest BCUT2D eigenvalue weighted by atomic mass is 16.5. The van der Waals surface area contributed by atoms with E-state index in [0.29, 0.717) is 38.9 Å². The summed E-state index contributed by atoms with van der Waals surface area (Å²) in [5.41, 5.74) is 3.60. The van der Waals surface area contributed by atoms with Gasteiger partial charge in [0.2, 0.25) is 5.91 Å². The summed E-state index contributed by atoms with van der Waals surface area (Å²) in [7, 11) is 0. The molecule has 196 valence electrons. The second kappa shape index (κ2) is 10.7. The van der Waals surface area contributed by atoms with Gasteiger partial charge in [-0.25, -0.2) is 4.98 Å². The van der Waals surface area contributed by atoms with Crippen molar-refractivity contribution < 1.29 is 19.4 Å². The zero-order valence-corrected chi connectivity index (χ0v) is 21.9. The molecule has 0 spiro atoms. The number of para-hydroxylation sites is 1. The molecule has 7 nitrogen and oxygen atoms in total. The maximum atomic E-state index is 13.1. The first-order valence-corrected chi connectivity index (χ1v) is 13.1. The molecule has 4 aromatic rings. The largest absolute Gasteiger partial charge is 0.481 e. The Hall–Kier alpha value is -4.13. The van der Waals surface area contributed by atoms with Gasteiger partial charge < -0.3 is 19.3 Å². The minimum atomic E-state index is -0.829. The number of hydrogen-bond acceptors (Lipinski definition) is 4. The molecule has 0 fully saturated rings. The first-order chi connectivity index (χ1) is 18.3. The average molecular weight is 512 g/mol. The number of ether oxygens (including phenoxy) is 1. The molecule has 7 heteroatoms. The topological polar surface area (TPSA) is 84.7 Å². The second-order valence-corrected chi connectivity index (χ2v) is 10.6. The molecule has 0 saturated heterocycles. The van der Waals surface area contributed by atoms with Crippen molar-refractivity contribution in [2.75, 3.05) is 6.54 Å². The molecule has 0 saturated carbocycles. The van der Waals surface area contributed by atoms with Gasteiger partial charge in [0.25, 0.3) is 0 Å². The van der Waals surface area contributed by atoms with Crippen molar-refractivity contribution >= 4 is 22.9 Å². The van der Waals surface area contributed by atoms with Crippen LogP contribution in [0, 0.1) is 5.41 Å². The van der Waals surface area contributed by atoms with Gasteiger partial charge in [-0.1, -0.05) is 30.3 Å². The van der Waals surface area contributed by atoms with Crippen LogP contribution in [0.1, 0.15) is 49.9 Å². The fraction of sp³-hybridized carbons (Fsp3) is 0.323. The number of carbonyl (C=O) groups excluding carboxylic acids is 1. The van der Waals surface area contributed by atoms with E-state index in [1.165, 1.54) is 5.56 Å². The Labute approximate surface area is 222 Å². The molecule has 2 aromatic heterocycles. The van der Waals surface area contributed by atoms with Crippen LogP contribution in [-0.2, 0) is 29.1 Å². The number of amides is 1.